The van der Waals surface area contributed by atoms with Gasteiger partial charge in [-0.2, -0.15) is 0 Å². The van der Waals surface area contributed by atoms with Crippen LogP contribution in [0.2, 0.25) is 10.0 Å². The van der Waals surface area contributed by atoms with Gasteiger partial charge < -0.3 is 20.7 Å². The molecule has 0 aromatic heterocycles. The van der Waals surface area contributed by atoms with E-state index in [0.29, 0.717) is 38.5 Å². The van der Waals surface area contributed by atoms with E-state index in [1.165, 1.54) is 7.11 Å². The fourth-order valence-corrected chi connectivity index (χ4v) is 3.39. The first-order valence-corrected chi connectivity index (χ1v) is 10.1. The van der Waals surface area contributed by atoms with Crippen molar-refractivity contribution in [1.82, 2.24) is 0 Å². The number of thiol groups is 1. The number of benzene rings is 3. The standard InChI is InChI=1S/C21H18Cl2N4O3S/c1-30-19-8-7-16(25-20(28)24-15-5-3-2-4-6-15)12-18(19)27(31)21(29)26-17-10-13(22)9-14(23)11-17/h2-12,31H,1H3,(H,26,29)(H2,24,25,28). The lowest BCUT2D eigenvalue weighted by atomic mass is 10.2. The van der Waals surface area contributed by atoms with Gasteiger partial charge in [0.25, 0.3) is 0 Å². The fraction of sp³-hybridized carbons (Fsp3) is 0.0476. The Kier molecular flexibility index (Phi) is 7.51. The molecule has 160 valence electrons. The average Bonchev–Trinajstić information content (AvgIpc) is 2.73. The Labute approximate surface area is 194 Å². The predicted molar refractivity (Wildman–Crippen MR) is 129 cm³/mol. The van der Waals surface area contributed by atoms with E-state index in [4.69, 9.17) is 27.9 Å². The first-order valence-electron chi connectivity index (χ1n) is 8.93. The van der Waals surface area contributed by atoms with Crippen molar-refractivity contribution >= 4 is 70.8 Å². The average molecular weight is 477 g/mol. The number of para-hydroxylation sites is 1. The van der Waals surface area contributed by atoms with E-state index in [-0.39, 0.29) is 0 Å². The lowest BCUT2D eigenvalue weighted by Gasteiger charge is -2.20. The predicted octanol–water partition coefficient (Wildman–Crippen LogP) is 6.53. The third-order valence-electron chi connectivity index (χ3n) is 4.00. The van der Waals surface area contributed by atoms with Gasteiger partial charge in [0.2, 0.25) is 0 Å². The molecule has 0 aliphatic carbocycles. The van der Waals surface area contributed by atoms with Crippen LogP contribution in [0.3, 0.4) is 0 Å². The van der Waals surface area contributed by atoms with E-state index in [0.717, 1.165) is 4.31 Å². The van der Waals surface area contributed by atoms with Crippen LogP contribution in [0.25, 0.3) is 0 Å². The zero-order valence-electron chi connectivity index (χ0n) is 16.2. The van der Waals surface area contributed by atoms with Crippen LogP contribution in [0, 0.1) is 0 Å². The van der Waals surface area contributed by atoms with Crippen molar-refractivity contribution in [2.24, 2.45) is 0 Å². The number of halogens is 2. The number of urea groups is 2. The van der Waals surface area contributed by atoms with E-state index in [9.17, 15) is 9.59 Å². The number of carbonyl (C=O) groups excluding carboxylic acids is 2. The zero-order valence-corrected chi connectivity index (χ0v) is 18.6. The van der Waals surface area contributed by atoms with Crippen LogP contribution in [0.5, 0.6) is 5.75 Å². The highest BCUT2D eigenvalue weighted by Gasteiger charge is 2.18. The molecule has 0 saturated carbocycles. The fourth-order valence-electron chi connectivity index (χ4n) is 2.66. The molecule has 0 heterocycles. The molecule has 0 fully saturated rings. The second kappa shape index (κ2) is 10.3. The van der Waals surface area contributed by atoms with Crippen molar-refractivity contribution in [2.75, 3.05) is 27.4 Å². The number of ether oxygens (including phenoxy) is 1. The van der Waals surface area contributed by atoms with E-state index >= 15 is 0 Å². The van der Waals surface area contributed by atoms with Crippen molar-refractivity contribution in [3.8, 4) is 5.75 Å². The van der Waals surface area contributed by atoms with Gasteiger partial charge in [-0.05, 0) is 48.5 Å². The maximum Gasteiger partial charge on any atom is 0.336 e. The van der Waals surface area contributed by atoms with Crippen LogP contribution in [0.15, 0.2) is 66.7 Å². The monoisotopic (exact) mass is 476 g/mol. The number of hydrogen-bond acceptors (Lipinski definition) is 4. The van der Waals surface area contributed by atoms with Crippen LogP contribution < -0.4 is 25.0 Å². The molecule has 0 unspecified atom stereocenters. The molecular weight excluding hydrogens is 459 g/mol. The summed E-state index contributed by atoms with van der Waals surface area (Å²) in [5, 5.41) is 8.83. The maximum absolute atomic E-state index is 12.7. The highest BCUT2D eigenvalue weighted by molar-refractivity contribution is 7.82. The molecule has 7 nitrogen and oxygen atoms in total. The van der Waals surface area contributed by atoms with E-state index in [1.54, 1.807) is 48.5 Å². The lowest BCUT2D eigenvalue weighted by Crippen LogP contribution is -2.27. The Morgan fingerprint density at radius 1 is 0.839 bits per heavy atom. The maximum atomic E-state index is 12.7. The summed E-state index contributed by atoms with van der Waals surface area (Å²) >= 11 is 16.2. The summed E-state index contributed by atoms with van der Waals surface area (Å²) < 4.78 is 6.37. The number of anilines is 4. The van der Waals surface area contributed by atoms with Crippen LogP contribution >= 0.6 is 36.0 Å². The van der Waals surface area contributed by atoms with Crippen LogP contribution in [-0.2, 0) is 0 Å². The largest absolute Gasteiger partial charge is 0.495 e. The molecule has 0 bridgehead atoms. The number of carbonyl (C=O) groups is 2. The second-order valence-electron chi connectivity index (χ2n) is 6.23. The van der Waals surface area contributed by atoms with Crippen molar-refractivity contribution in [2.45, 2.75) is 0 Å². The number of rotatable bonds is 5. The lowest BCUT2D eigenvalue weighted by molar-refractivity contribution is 0.260. The Hall–Kier alpha value is -3.07. The summed E-state index contributed by atoms with van der Waals surface area (Å²) in [6, 6.07) is 17.4. The third kappa shape index (κ3) is 6.21. The molecular formula is C21H18Cl2N4O3S. The Bertz CT molecular complexity index is 1080. The molecule has 0 atom stereocenters. The Morgan fingerprint density at radius 2 is 1.48 bits per heavy atom. The molecule has 3 rings (SSSR count). The van der Waals surface area contributed by atoms with Gasteiger partial charge in [-0.1, -0.05) is 54.2 Å². The van der Waals surface area contributed by atoms with Gasteiger partial charge in [-0.3, -0.25) is 0 Å². The van der Waals surface area contributed by atoms with E-state index in [2.05, 4.69) is 28.8 Å². The number of amides is 4. The quantitative estimate of drug-likeness (QED) is 0.316. The summed E-state index contributed by atoms with van der Waals surface area (Å²) in [5.74, 6) is 0.378. The highest BCUT2D eigenvalue weighted by atomic mass is 35.5. The van der Waals surface area contributed by atoms with Gasteiger partial charge in [0.05, 0.1) is 7.11 Å². The molecule has 0 radical (unpaired) electrons. The summed E-state index contributed by atoms with van der Waals surface area (Å²) in [7, 11) is 1.46. The molecule has 0 spiro atoms. The highest BCUT2D eigenvalue weighted by Crippen LogP contribution is 2.33. The first kappa shape index (κ1) is 22.6. The molecule has 0 aliphatic rings. The SMILES string of the molecule is COc1ccc(NC(=O)Nc2ccccc2)cc1N(S)C(=O)Nc1cc(Cl)cc(Cl)c1. The second-order valence-corrected chi connectivity index (χ2v) is 7.50. The number of nitrogens with zero attached hydrogens (tertiary/aromatic N) is 1. The van der Waals surface area contributed by atoms with Crippen molar-refractivity contribution < 1.29 is 14.3 Å². The summed E-state index contributed by atoms with van der Waals surface area (Å²) in [4.78, 5) is 24.9. The Balaban J connectivity index is 1.75. The van der Waals surface area contributed by atoms with Gasteiger partial charge >= 0.3 is 12.1 Å². The number of hydrogen-bond donors (Lipinski definition) is 4. The number of nitrogens with one attached hydrogen (secondary N) is 3. The summed E-state index contributed by atoms with van der Waals surface area (Å²) in [6.07, 6.45) is 0. The van der Waals surface area contributed by atoms with Gasteiger partial charge in [-0.15, -0.1) is 0 Å². The minimum atomic E-state index is -0.578. The summed E-state index contributed by atoms with van der Waals surface area (Å²) in [5.41, 5.74) is 1.79. The topological polar surface area (TPSA) is 82.7 Å². The van der Waals surface area contributed by atoms with Crippen molar-refractivity contribution in [3.63, 3.8) is 0 Å². The molecule has 4 amide bonds. The molecule has 0 aliphatic heterocycles. The summed E-state index contributed by atoms with van der Waals surface area (Å²) in [6.45, 7) is 0. The van der Waals surface area contributed by atoms with Crippen molar-refractivity contribution in [3.05, 3.63) is 76.8 Å². The molecule has 3 aromatic rings. The third-order valence-corrected chi connectivity index (χ3v) is 4.84. The minimum Gasteiger partial charge on any atom is -0.495 e. The van der Waals surface area contributed by atoms with E-state index < -0.39 is 12.1 Å². The van der Waals surface area contributed by atoms with Gasteiger partial charge in [-0.25, -0.2) is 13.9 Å². The first-order chi connectivity index (χ1) is 14.9. The van der Waals surface area contributed by atoms with Crippen LogP contribution in [-0.4, -0.2) is 19.2 Å². The van der Waals surface area contributed by atoms with Gasteiger partial charge in [0, 0.05) is 27.1 Å². The molecule has 3 N–H and O–H groups in total. The zero-order chi connectivity index (χ0) is 22.4. The minimum absolute atomic E-state index is 0.314. The molecule has 3 aromatic carbocycles. The normalized spacial score (nSPS) is 10.2. The van der Waals surface area contributed by atoms with Crippen LogP contribution in [0.4, 0.5) is 32.3 Å². The number of methoxy groups -OCH3 is 1. The van der Waals surface area contributed by atoms with Crippen LogP contribution in [0.1, 0.15) is 0 Å². The Morgan fingerprint density at radius 3 is 2.13 bits per heavy atom. The smallest absolute Gasteiger partial charge is 0.336 e. The van der Waals surface area contributed by atoms with Gasteiger partial charge in [0.15, 0.2) is 0 Å². The molecule has 10 heteroatoms. The molecule has 31 heavy (non-hydrogen) atoms. The van der Waals surface area contributed by atoms with Gasteiger partial charge in [0.1, 0.15) is 11.4 Å². The van der Waals surface area contributed by atoms with E-state index in [1.807, 2.05) is 18.2 Å². The molecule has 0 saturated heterocycles. The van der Waals surface area contributed by atoms with Crippen molar-refractivity contribution in [1.29, 1.82) is 0 Å².